The lowest BCUT2D eigenvalue weighted by Crippen LogP contribution is -2.23. The van der Waals surface area contributed by atoms with Crippen LogP contribution in [0.25, 0.3) is 31.9 Å². The molecule has 1 aromatic carbocycles. The van der Waals surface area contributed by atoms with Crippen LogP contribution in [0.2, 0.25) is 0 Å². The minimum atomic E-state index is -0.0253. The molecule has 3 aromatic heterocycles. The van der Waals surface area contributed by atoms with E-state index in [1.807, 2.05) is 49.4 Å². The molecule has 5 heteroatoms. The SMILES string of the molecule is CCCn1nc(-c2ccc(-c3ccccn3)s2)c2ccccc2c1=O. The van der Waals surface area contributed by atoms with E-state index in [1.54, 1.807) is 22.2 Å². The van der Waals surface area contributed by atoms with Crippen LogP contribution in [0.5, 0.6) is 0 Å². The minimum absolute atomic E-state index is 0.0253. The van der Waals surface area contributed by atoms with Crippen LogP contribution in [-0.2, 0) is 6.54 Å². The van der Waals surface area contributed by atoms with Crippen LogP contribution in [-0.4, -0.2) is 14.8 Å². The predicted octanol–water partition coefficient (Wildman–Crippen LogP) is 4.60. The number of aromatic nitrogens is 3. The molecule has 3 heterocycles. The monoisotopic (exact) mass is 347 g/mol. The lowest BCUT2D eigenvalue weighted by molar-refractivity contribution is 0.576. The zero-order valence-corrected chi connectivity index (χ0v) is 14.7. The Kier molecular flexibility index (Phi) is 4.15. The number of rotatable bonds is 4. The second kappa shape index (κ2) is 6.61. The number of fused-ring (bicyclic) bond motifs is 1. The Balaban J connectivity index is 1.91. The molecule has 4 nitrogen and oxygen atoms in total. The van der Waals surface area contributed by atoms with Crippen LogP contribution >= 0.6 is 11.3 Å². The summed E-state index contributed by atoms with van der Waals surface area (Å²) in [6.45, 7) is 2.67. The third kappa shape index (κ3) is 2.87. The lowest BCUT2D eigenvalue weighted by Gasteiger charge is -2.09. The van der Waals surface area contributed by atoms with Gasteiger partial charge < -0.3 is 0 Å². The first-order chi connectivity index (χ1) is 12.3. The van der Waals surface area contributed by atoms with Crippen molar-refractivity contribution in [3.8, 4) is 21.1 Å². The number of pyridine rings is 1. The minimum Gasteiger partial charge on any atom is -0.267 e. The maximum absolute atomic E-state index is 12.6. The highest BCUT2D eigenvalue weighted by Crippen LogP contribution is 2.35. The number of hydrogen-bond acceptors (Lipinski definition) is 4. The third-order valence-electron chi connectivity index (χ3n) is 4.06. The molecular weight excluding hydrogens is 330 g/mol. The fourth-order valence-corrected chi connectivity index (χ4v) is 3.87. The van der Waals surface area contributed by atoms with Crippen molar-refractivity contribution in [2.45, 2.75) is 19.9 Å². The molecule has 25 heavy (non-hydrogen) atoms. The van der Waals surface area contributed by atoms with E-state index in [0.29, 0.717) is 11.9 Å². The number of thiophene rings is 1. The van der Waals surface area contributed by atoms with Crippen molar-refractivity contribution in [3.63, 3.8) is 0 Å². The van der Waals surface area contributed by atoms with Crippen LogP contribution in [0.4, 0.5) is 0 Å². The molecule has 0 saturated carbocycles. The van der Waals surface area contributed by atoms with E-state index < -0.39 is 0 Å². The van der Waals surface area contributed by atoms with Crippen LogP contribution in [0.3, 0.4) is 0 Å². The second-order valence-electron chi connectivity index (χ2n) is 5.80. The Labute approximate surface area is 149 Å². The molecule has 0 fully saturated rings. The molecule has 0 amide bonds. The smallest absolute Gasteiger partial charge is 0.267 e. The molecular formula is C20H17N3OS. The van der Waals surface area contributed by atoms with Crippen molar-refractivity contribution >= 4 is 22.1 Å². The molecule has 0 saturated heterocycles. The Morgan fingerprint density at radius 2 is 1.72 bits per heavy atom. The van der Waals surface area contributed by atoms with Gasteiger partial charge in [-0.1, -0.05) is 31.2 Å². The summed E-state index contributed by atoms with van der Waals surface area (Å²) in [6, 6.07) is 17.7. The highest BCUT2D eigenvalue weighted by atomic mass is 32.1. The Morgan fingerprint density at radius 3 is 2.48 bits per heavy atom. The average Bonchev–Trinajstić information content (AvgIpc) is 3.15. The summed E-state index contributed by atoms with van der Waals surface area (Å²) in [5, 5.41) is 6.28. The van der Waals surface area contributed by atoms with E-state index >= 15 is 0 Å². The van der Waals surface area contributed by atoms with Gasteiger partial charge in [0, 0.05) is 18.1 Å². The number of benzene rings is 1. The van der Waals surface area contributed by atoms with E-state index in [-0.39, 0.29) is 5.56 Å². The quantitative estimate of drug-likeness (QED) is 0.542. The summed E-state index contributed by atoms with van der Waals surface area (Å²) in [5.41, 5.74) is 1.78. The van der Waals surface area contributed by atoms with Gasteiger partial charge in [-0.15, -0.1) is 11.3 Å². The van der Waals surface area contributed by atoms with E-state index in [4.69, 9.17) is 0 Å². The third-order valence-corrected chi connectivity index (χ3v) is 5.17. The summed E-state index contributed by atoms with van der Waals surface area (Å²) in [4.78, 5) is 19.2. The molecule has 0 N–H and O–H groups in total. The van der Waals surface area contributed by atoms with Crippen molar-refractivity contribution in [1.29, 1.82) is 0 Å². The summed E-state index contributed by atoms with van der Waals surface area (Å²) in [7, 11) is 0. The van der Waals surface area contributed by atoms with Gasteiger partial charge >= 0.3 is 0 Å². The summed E-state index contributed by atoms with van der Waals surface area (Å²) < 4.78 is 1.58. The van der Waals surface area contributed by atoms with Crippen molar-refractivity contribution in [3.05, 3.63) is 71.1 Å². The van der Waals surface area contributed by atoms with E-state index in [2.05, 4.69) is 22.2 Å². The molecule has 0 aliphatic heterocycles. The first-order valence-electron chi connectivity index (χ1n) is 8.29. The second-order valence-corrected chi connectivity index (χ2v) is 6.89. The molecule has 4 aromatic rings. The van der Waals surface area contributed by atoms with Crippen LogP contribution < -0.4 is 5.56 Å². The summed E-state index contributed by atoms with van der Waals surface area (Å²) in [6.07, 6.45) is 2.66. The summed E-state index contributed by atoms with van der Waals surface area (Å²) >= 11 is 1.65. The lowest BCUT2D eigenvalue weighted by atomic mass is 10.1. The maximum atomic E-state index is 12.6. The molecule has 0 bridgehead atoms. The van der Waals surface area contributed by atoms with Gasteiger partial charge in [-0.05, 0) is 36.8 Å². The van der Waals surface area contributed by atoms with Crippen LogP contribution in [0, 0.1) is 0 Å². The van der Waals surface area contributed by atoms with Crippen molar-refractivity contribution < 1.29 is 0 Å². The van der Waals surface area contributed by atoms with Crippen LogP contribution in [0.1, 0.15) is 13.3 Å². The van der Waals surface area contributed by atoms with Crippen molar-refractivity contribution in [1.82, 2.24) is 14.8 Å². The van der Waals surface area contributed by atoms with Gasteiger partial charge in [0.2, 0.25) is 0 Å². The van der Waals surface area contributed by atoms with Gasteiger partial charge in [0.25, 0.3) is 5.56 Å². The van der Waals surface area contributed by atoms with Crippen LogP contribution in [0.15, 0.2) is 65.6 Å². The zero-order valence-electron chi connectivity index (χ0n) is 13.8. The van der Waals surface area contributed by atoms with E-state index in [1.165, 1.54) is 0 Å². The van der Waals surface area contributed by atoms with Gasteiger partial charge in [-0.3, -0.25) is 9.78 Å². The highest BCUT2D eigenvalue weighted by Gasteiger charge is 2.14. The zero-order chi connectivity index (χ0) is 17.2. The first-order valence-corrected chi connectivity index (χ1v) is 9.11. The largest absolute Gasteiger partial charge is 0.274 e. The molecule has 0 unspecified atom stereocenters. The molecule has 0 atom stereocenters. The van der Waals surface area contributed by atoms with Gasteiger partial charge in [-0.25, -0.2) is 4.68 Å². The fraction of sp³-hybridized carbons (Fsp3) is 0.150. The van der Waals surface area contributed by atoms with Crippen molar-refractivity contribution in [2.75, 3.05) is 0 Å². The standard InChI is InChI=1S/C20H17N3OS/c1-2-13-23-20(24)15-8-4-3-7-14(15)19(22-23)18-11-10-17(25-18)16-9-5-6-12-21-16/h3-12H,2,13H2,1H3. The number of nitrogens with zero attached hydrogens (tertiary/aromatic N) is 3. The topological polar surface area (TPSA) is 47.8 Å². The van der Waals surface area contributed by atoms with Gasteiger partial charge in [0.1, 0.15) is 5.69 Å². The van der Waals surface area contributed by atoms with Crippen molar-refractivity contribution in [2.24, 2.45) is 0 Å². The molecule has 0 aliphatic carbocycles. The molecule has 0 radical (unpaired) electrons. The van der Waals surface area contributed by atoms with E-state index in [9.17, 15) is 4.79 Å². The maximum Gasteiger partial charge on any atom is 0.274 e. The molecule has 0 spiro atoms. The Hall–Kier alpha value is -2.79. The average molecular weight is 347 g/mol. The number of hydrogen-bond donors (Lipinski definition) is 0. The molecule has 0 aliphatic rings. The van der Waals surface area contributed by atoms with Gasteiger partial charge in [0.15, 0.2) is 0 Å². The fourth-order valence-electron chi connectivity index (χ4n) is 2.89. The normalized spacial score (nSPS) is 11.1. The Morgan fingerprint density at radius 1 is 0.960 bits per heavy atom. The first kappa shape index (κ1) is 15.7. The summed E-state index contributed by atoms with van der Waals surface area (Å²) in [5.74, 6) is 0. The highest BCUT2D eigenvalue weighted by molar-refractivity contribution is 7.18. The van der Waals surface area contributed by atoms with Gasteiger partial charge in [-0.2, -0.15) is 5.10 Å². The molecule has 124 valence electrons. The number of aryl methyl sites for hydroxylation is 1. The Bertz CT molecular complexity index is 1080. The van der Waals surface area contributed by atoms with E-state index in [0.717, 1.165) is 32.9 Å². The predicted molar refractivity (Wildman–Crippen MR) is 103 cm³/mol. The molecule has 4 rings (SSSR count). The van der Waals surface area contributed by atoms with Gasteiger partial charge in [0.05, 0.1) is 20.8 Å².